The molecule has 0 N–H and O–H groups in total. The van der Waals surface area contributed by atoms with Crippen molar-refractivity contribution < 1.29 is 19.1 Å². The van der Waals surface area contributed by atoms with E-state index in [1.165, 1.54) is 4.90 Å². The standard InChI is InChI=1S/C28H23NO4/c30-26-23-16-7-8-17-24(23)27(31)29(26)22-15-9-14-21(18-22)28(32)33-25(19-10-3-1-4-11-19)20-12-5-2-6-13-20/h1-15,18,23-25H,16-17H2/t23-,24-/m0/s1. The van der Waals surface area contributed by atoms with Crippen LogP contribution in [0.25, 0.3) is 0 Å². The lowest BCUT2D eigenvalue weighted by Crippen LogP contribution is -2.31. The van der Waals surface area contributed by atoms with E-state index >= 15 is 0 Å². The molecule has 0 bridgehead atoms. The Morgan fingerprint density at radius 1 is 0.758 bits per heavy atom. The summed E-state index contributed by atoms with van der Waals surface area (Å²) in [5.74, 6) is -1.57. The van der Waals surface area contributed by atoms with Crippen molar-refractivity contribution in [2.24, 2.45) is 11.8 Å². The monoisotopic (exact) mass is 437 g/mol. The maximum Gasteiger partial charge on any atom is 0.339 e. The fraction of sp³-hybridized carbons (Fsp3) is 0.179. The Morgan fingerprint density at radius 2 is 1.30 bits per heavy atom. The van der Waals surface area contributed by atoms with Gasteiger partial charge in [-0.05, 0) is 42.2 Å². The summed E-state index contributed by atoms with van der Waals surface area (Å²) < 4.78 is 5.94. The minimum atomic E-state index is -0.576. The lowest BCUT2D eigenvalue weighted by molar-refractivity contribution is -0.122. The SMILES string of the molecule is O=C(OC(c1ccccc1)c1ccccc1)c1cccc(N2C(=O)[C@H]3CC=CC[C@@H]3C2=O)c1. The van der Waals surface area contributed by atoms with E-state index in [4.69, 9.17) is 4.74 Å². The van der Waals surface area contributed by atoms with Crippen LogP contribution >= 0.6 is 0 Å². The molecule has 0 spiro atoms. The van der Waals surface area contributed by atoms with E-state index < -0.39 is 12.1 Å². The Labute approximate surface area is 192 Å². The Morgan fingerprint density at radius 3 is 1.85 bits per heavy atom. The van der Waals surface area contributed by atoms with Gasteiger partial charge in [-0.25, -0.2) is 4.79 Å². The zero-order valence-electron chi connectivity index (χ0n) is 18.0. The molecule has 5 rings (SSSR count). The van der Waals surface area contributed by atoms with Crippen LogP contribution in [0.3, 0.4) is 0 Å². The van der Waals surface area contributed by atoms with Crippen molar-refractivity contribution in [2.45, 2.75) is 18.9 Å². The van der Waals surface area contributed by atoms with Crippen molar-refractivity contribution in [1.29, 1.82) is 0 Å². The molecule has 1 aliphatic carbocycles. The minimum absolute atomic E-state index is 0.202. The van der Waals surface area contributed by atoms with Crippen LogP contribution in [0.4, 0.5) is 5.69 Å². The van der Waals surface area contributed by atoms with Crippen LogP contribution in [-0.4, -0.2) is 17.8 Å². The smallest absolute Gasteiger partial charge is 0.339 e. The van der Waals surface area contributed by atoms with Gasteiger partial charge in [-0.2, -0.15) is 0 Å². The lowest BCUT2D eigenvalue weighted by Gasteiger charge is -2.20. The normalized spacial score (nSPS) is 19.6. The maximum absolute atomic E-state index is 13.2. The summed E-state index contributed by atoms with van der Waals surface area (Å²) in [6.07, 6.45) is 4.48. The number of hydrogen-bond acceptors (Lipinski definition) is 4. The highest BCUT2D eigenvalue weighted by Gasteiger charge is 2.47. The third kappa shape index (κ3) is 3.98. The molecule has 1 saturated heterocycles. The van der Waals surface area contributed by atoms with E-state index in [0.29, 0.717) is 18.5 Å². The van der Waals surface area contributed by atoms with E-state index in [2.05, 4.69) is 0 Å². The number of rotatable bonds is 5. The van der Waals surface area contributed by atoms with Crippen molar-refractivity contribution in [1.82, 2.24) is 0 Å². The third-order valence-corrected chi connectivity index (χ3v) is 6.28. The van der Waals surface area contributed by atoms with E-state index in [0.717, 1.165) is 11.1 Å². The summed E-state index contributed by atoms with van der Waals surface area (Å²) in [6.45, 7) is 0. The average molecular weight is 437 g/mol. The first kappa shape index (κ1) is 20.9. The van der Waals surface area contributed by atoms with Gasteiger partial charge in [-0.15, -0.1) is 0 Å². The highest BCUT2D eigenvalue weighted by atomic mass is 16.5. The van der Waals surface area contributed by atoms with E-state index in [1.54, 1.807) is 24.3 Å². The summed E-state index contributed by atoms with van der Waals surface area (Å²) in [4.78, 5) is 40.3. The zero-order valence-corrected chi connectivity index (χ0v) is 18.0. The highest BCUT2D eigenvalue weighted by Crippen LogP contribution is 2.38. The molecule has 0 unspecified atom stereocenters. The van der Waals surface area contributed by atoms with E-state index in [9.17, 15) is 14.4 Å². The summed E-state index contributed by atoms with van der Waals surface area (Å²) in [6, 6.07) is 25.6. The molecule has 1 aliphatic heterocycles. The van der Waals surface area contributed by atoms with Crippen molar-refractivity contribution in [3.63, 3.8) is 0 Å². The van der Waals surface area contributed by atoms with Gasteiger partial charge in [0.05, 0.1) is 23.1 Å². The number of anilines is 1. The molecule has 1 heterocycles. The van der Waals surface area contributed by atoms with Gasteiger partial charge in [0.1, 0.15) is 0 Å². The van der Waals surface area contributed by atoms with Crippen LogP contribution < -0.4 is 4.90 Å². The molecule has 164 valence electrons. The minimum Gasteiger partial charge on any atom is -0.449 e. The number of amides is 2. The Balaban J connectivity index is 1.42. The van der Waals surface area contributed by atoms with Crippen molar-refractivity contribution in [2.75, 3.05) is 4.90 Å². The number of imide groups is 1. The number of carbonyl (C=O) groups is 3. The zero-order chi connectivity index (χ0) is 22.8. The Bertz CT molecular complexity index is 1150. The second kappa shape index (κ2) is 8.87. The van der Waals surface area contributed by atoms with Gasteiger partial charge in [-0.3, -0.25) is 14.5 Å². The molecule has 0 radical (unpaired) electrons. The number of esters is 1. The first-order valence-electron chi connectivity index (χ1n) is 11.1. The van der Waals surface area contributed by atoms with Crippen molar-refractivity contribution in [3.05, 3.63) is 114 Å². The first-order chi connectivity index (χ1) is 16.1. The average Bonchev–Trinajstić information content (AvgIpc) is 3.13. The number of carbonyl (C=O) groups excluding carboxylic acids is 3. The van der Waals surface area contributed by atoms with E-state index in [1.807, 2.05) is 72.8 Å². The van der Waals surface area contributed by atoms with Gasteiger partial charge in [0.2, 0.25) is 11.8 Å². The number of allylic oxidation sites excluding steroid dienone is 2. The molecule has 1 fully saturated rings. The van der Waals surface area contributed by atoms with Crippen LogP contribution in [0.2, 0.25) is 0 Å². The van der Waals surface area contributed by atoms with Crippen LogP contribution in [0.5, 0.6) is 0 Å². The third-order valence-electron chi connectivity index (χ3n) is 6.28. The second-order valence-corrected chi connectivity index (χ2v) is 8.32. The molecule has 2 amide bonds. The lowest BCUT2D eigenvalue weighted by atomic mass is 9.85. The molecule has 5 nitrogen and oxygen atoms in total. The predicted molar refractivity (Wildman–Crippen MR) is 124 cm³/mol. The van der Waals surface area contributed by atoms with Gasteiger partial charge in [0, 0.05) is 0 Å². The molecule has 0 aromatic heterocycles. The molecular weight excluding hydrogens is 414 g/mol. The Kier molecular flexibility index (Phi) is 5.61. The summed E-state index contributed by atoms with van der Waals surface area (Å²) >= 11 is 0. The number of benzene rings is 3. The van der Waals surface area contributed by atoms with Gasteiger partial charge in [0.25, 0.3) is 0 Å². The number of ether oxygens (including phenoxy) is 1. The molecule has 5 heteroatoms. The topological polar surface area (TPSA) is 63.7 Å². The van der Waals surface area contributed by atoms with Crippen LogP contribution in [0.1, 0.15) is 40.4 Å². The van der Waals surface area contributed by atoms with Crippen LogP contribution in [0, 0.1) is 11.8 Å². The first-order valence-corrected chi connectivity index (χ1v) is 11.1. The quantitative estimate of drug-likeness (QED) is 0.317. The van der Waals surface area contributed by atoms with E-state index in [-0.39, 0.29) is 29.2 Å². The number of nitrogens with zero attached hydrogens (tertiary/aromatic N) is 1. The van der Waals surface area contributed by atoms with Crippen LogP contribution in [-0.2, 0) is 14.3 Å². The molecule has 2 atom stereocenters. The summed E-state index contributed by atoms with van der Waals surface area (Å²) in [5, 5.41) is 0. The predicted octanol–water partition coefficient (Wildman–Crippen LogP) is 5.09. The molecule has 33 heavy (non-hydrogen) atoms. The van der Waals surface area contributed by atoms with Gasteiger partial charge < -0.3 is 4.74 Å². The largest absolute Gasteiger partial charge is 0.449 e. The molecule has 3 aromatic carbocycles. The molecule has 0 saturated carbocycles. The highest BCUT2D eigenvalue weighted by molar-refractivity contribution is 6.22. The maximum atomic E-state index is 13.2. The van der Waals surface area contributed by atoms with Gasteiger partial charge in [0.15, 0.2) is 6.10 Å². The van der Waals surface area contributed by atoms with Gasteiger partial charge in [-0.1, -0.05) is 78.9 Å². The molecular formula is C28H23NO4. The second-order valence-electron chi connectivity index (χ2n) is 8.32. The number of fused-ring (bicyclic) bond motifs is 1. The van der Waals surface area contributed by atoms with Crippen molar-refractivity contribution in [3.8, 4) is 0 Å². The Hall–Kier alpha value is -3.99. The molecule has 3 aromatic rings. The van der Waals surface area contributed by atoms with Crippen molar-refractivity contribution >= 4 is 23.5 Å². The van der Waals surface area contributed by atoms with Gasteiger partial charge >= 0.3 is 5.97 Å². The molecule has 2 aliphatic rings. The fourth-order valence-electron chi connectivity index (χ4n) is 4.59. The van der Waals surface area contributed by atoms with Crippen LogP contribution in [0.15, 0.2) is 97.1 Å². The number of hydrogen-bond donors (Lipinski definition) is 0. The summed E-state index contributed by atoms with van der Waals surface area (Å²) in [7, 11) is 0. The fourth-order valence-corrected chi connectivity index (χ4v) is 4.59. The summed E-state index contributed by atoms with van der Waals surface area (Å²) in [5.41, 5.74) is 2.41.